The normalized spacial score (nSPS) is 20.7. The van der Waals surface area contributed by atoms with Gasteiger partial charge in [0, 0.05) is 19.6 Å². The Hall–Kier alpha value is -0.940. The van der Waals surface area contributed by atoms with Gasteiger partial charge in [-0.15, -0.1) is 0 Å². The third kappa shape index (κ3) is 3.15. The summed E-state index contributed by atoms with van der Waals surface area (Å²) < 4.78 is 11.2. The number of nitrogens with two attached hydrogens (primary N) is 1. The van der Waals surface area contributed by atoms with Crippen LogP contribution in [0, 0.1) is 0 Å². The molecule has 1 fully saturated rings. The van der Waals surface area contributed by atoms with Crippen molar-refractivity contribution in [3.8, 4) is 0 Å². The van der Waals surface area contributed by atoms with Gasteiger partial charge in [-0.05, 0) is 32.1 Å². The van der Waals surface area contributed by atoms with Gasteiger partial charge in [-0.3, -0.25) is 0 Å². The Balaban J connectivity index is 2.05. The summed E-state index contributed by atoms with van der Waals surface area (Å²) in [7, 11) is 0. The minimum Gasteiger partial charge on any atom is -0.378 e. The molecule has 1 unspecified atom stereocenters. The average Bonchev–Trinajstić information content (AvgIpc) is 2.92. The number of aromatic nitrogens is 2. The largest absolute Gasteiger partial charge is 0.378 e. The second-order valence-corrected chi connectivity index (χ2v) is 5.40. The standard InChI is InChI=1S/C14H25N3O2/c1-3-14(4-2,10-15)13-16-12(17-19-13)9-11-7-5-6-8-18-11/h11H,3-10,15H2,1-2H3. The van der Waals surface area contributed by atoms with Crippen molar-refractivity contribution in [3.63, 3.8) is 0 Å². The minimum absolute atomic E-state index is 0.168. The van der Waals surface area contributed by atoms with Gasteiger partial charge >= 0.3 is 0 Å². The summed E-state index contributed by atoms with van der Waals surface area (Å²) in [5.74, 6) is 1.44. The molecule has 1 atom stereocenters. The van der Waals surface area contributed by atoms with E-state index in [1.165, 1.54) is 6.42 Å². The highest BCUT2D eigenvalue weighted by Gasteiger charge is 2.33. The summed E-state index contributed by atoms with van der Waals surface area (Å²) in [6, 6.07) is 0. The molecule has 2 heterocycles. The number of hydrogen-bond acceptors (Lipinski definition) is 5. The lowest BCUT2D eigenvalue weighted by molar-refractivity contribution is 0.0153. The minimum atomic E-state index is -0.168. The zero-order chi connectivity index (χ0) is 13.7. The fourth-order valence-corrected chi connectivity index (χ4v) is 2.65. The molecule has 0 bridgehead atoms. The van der Waals surface area contributed by atoms with Gasteiger partial charge < -0.3 is 15.0 Å². The lowest BCUT2D eigenvalue weighted by Crippen LogP contribution is -2.34. The first kappa shape index (κ1) is 14.5. The Morgan fingerprint density at radius 1 is 1.32 bits per heavy atom. The Morgan fingerprint density at radius 2 is 2.11 bits per heavy atom. The molecule has 1 aromatic rings. The number of ether oxygens (including phenoxy) is 1. The molecule has 2 N–H and O–H groups in total. The molecule has 0 aromatic carbocycles. The molecule has 2 rings (SSSR count). The Morgan fingerprint density at radius 3 is 2.68 bits per heavy atom. The number of hydrogen-bond donors (Lipinski definition) is 1. The molecule has 19 heavy (non-hydrogen) atoms. The summed E-state index contributed by atoms with van der Waals surface area (Å²) in [4.78, 5) is 4.55. The zero-order valence-electron chi connectivity index (χ0n) is 12.0. The summed E-state index contributed by atoms with van der Waals surface area (Å²) in [5, 5.41) is 4.10. The first-order valence-corrected chi connectivity index (χ1v) is 7.39. The quantitative estimate of drug-likeness (QED) is 0.855. The first-order chi connectivity index (χ1) is 9.24. The molecular weight excluding hydrogens is 242 g/mol. The van der Waals surface area contributed by atoms with Crippen LogP contribution in [0.3, 0.4) is 0 Å². The molecule has 1 aliphatic rings. The van der Waals surface area contributed by atoms with Crippen LogP contribution < -0.4 is 5.73 Å². The molecule has 0 aliphatic carbocycles. The van der Waals surface area contributed by atoms with Crippen molar-refractivity contribution < 1.29 is 9.26 Å². The third-order valence-corrected chi connectivity index (χ3v) is 4.35. The maximum atomic E-state index is 5.90. The van der Waals surface area contributed by atoms with Gasteiger partial charge in [0.05, 0.1) is 11.5 Å². The second kappa shape index (κ2) is 6.48. The van der Waals surface area contributed by atoms with Crippen LogP contribution in [0.5, 0.6) is 0 Å². The summed E-state index contributed by atoms with van der Waals surface area (Å²) in [5.41, 5.74) is 5.73. The highest BCUT2D eigenvalue weighted by Crippen LogP contribution is 2.29. The van der Waals surface area contributed by atoms with E-state index in [0.29, 0.717) is 12.4 Å². The molecule has 0 radical (unpaired) electrons. The molecule has 5 nitrogen and oxygen atoms in total. The highest BCUT2D eigenvalue weighted by atomic mass is 16.5. The van der Waals surface area contributed by atoms with E-state index >= 15 is 0 Å². The molecule has 1 aromatic heterocycles. The summed E-state index contributed by atoms with van der Waals surface area (Å²) >= 11 is 0. The van der Waals surface area contributed by atoms with Crippen molar-refractivity contribution in [2.24, 2.45) is 5.73 Å². The van der Waals surface area contributed by atoms with Crippen LogP contribution in [0.4, 0.5) is 0 Å². The maximum absolute atomic E-state index is 5.90. The molecule has 5 heteroatoms. The topological polar surface area (TPSA) is 74.2 Å². The summed E-state index contributed by atoms with van der Waals surface area (Å²) in [6.07, 6.45) is 6.31. The van der Waals surface area contributed by atoms with E-state index < -0.39 is 0 Å². The number of rotatable bonds is 6. The van der Waals surface area contributed by atoms with Gasteiger partial charge in [-0.2, -0.15) is 4.98 Å². The van der Waals surface area contributed by atoms with Crippen LogP contribution in [0.1, 0.15) is 57.7 Å². The molecular formula is C14H25N3O2. The van der Waals surface area contributed by atoms with Crippen molar-refractivity contribution in [3.05, 3.63) is 11.7 Å². The smallest absolute Gasteiger partial charge is 0.234 e. The van der Waals surface area contributed by atoms with E-state index in [2.05, 4.69) is 24.0 Å². The Kier molecular flexibility index (Phi) is 4.93. The van der Waals surface area contributed by atoms with Crippen molar-refractivity contribution in [1.29, 1.82) is 0 Å². The van der Waals surface area contributed by atoms with Crippen LogP contribution >= 0.6 is 0 Å². The third-order valence-electron chi connectivity index (χ3n) is 4.35. The van der Waals surface area contributed by atoms with Crippen molar-refractivity contribution in [1.82, 2.24) is 10.1 Å². The average molecular weight is 267 g/mol. The zero-order valence-corrected chi connectivity index (χ0v) is 12.0. The van der Waals surface area contributed by atoms with E-state index in [-0.39, 0.29) is 11.5 Å². The van der Waals surface area contributed by atoms with Crippen molar-refractivity contribution >= 4 is 0 Å². The van der Waals surface area contributed by atoms with Crippen LogP contribution in [0.2, 0.25) is 0 Å². The van der Waals surface area contributed by atoms with Gasteiger partial charge in [0.2, 0.25) is 5.89 Å². The predicted octanol–water partition coefficient (Wildman–Crippen LogP) is 2.20. The van der Waals surface area contributed by atoms with Crippen LogP contribution in [0.25, 0.3) is 0 Å². The second-order valence-electron chi connectivity index (χ2n) is 5.40. The molecule has 0 spiro atoms. The number of nitrogens with zero attached hydrogens (tertiary/aromatic N) is 2. The fourth-order valence-electron chi connectivity index (χ4n) is 2.65. The first-order valence-electron chi connectivity index (χ1n) is 7.39. The Bertz CT molecular complexity index is 374. The van der Waals surface area contributed by atoms with E-state index in [1.54, 1.807) is 0 Å². The van der Waals surface area contributed by atoms with Crippen molar-refractivity contribution in [2.75, 3.05) is 13.2 Å². The van der Waals surface area contributed by atoms with Gasteiger partial charge in [0.25, 0.3) is 0 Å². The summed E-state index contributed by atoms with van der Waals surface area (Å²) in [6.45, 7) is 5.63. The maximum Gasteiger partial charge on any atom is 0.234 e. The fraction of sp³-hybridized carbons (Fsp3) is 0.857. The molecule has 1 saturated heterocycles. The van der Waals surface area contributed by atoms with Crippen LogP contribution in [0.15, 0.2) is 4.52 Å². The molecule has 108 valence electrons. The van der Waals surface area contributed by atoms with E-state index in [9.17, 15) is 0 Å². The van der Waals surface area contributed by atoms with Crippen LogP contribution in [-0.2, 0) is 16.6 Å². The predicted molar refractivity (Wildman–Crippen MR) is 72.9 cm³/mol. The lowest BCUT2D eigenvalue weighted by atomic mass is 9.82. The van der Waals surface area contributed by atoms with E-state index in [4.69, 9.17) is 15.0 Å². The SMILES string of the molecule is CCC(CC)(CN)c1nc(CC2CCCCO2)no1. The van der Waals surface area contributed by atoms with E-state index in [1.807, 2.05) is 0 Å². The highest BCUT2D eigenvalue weighted by molar-refractivity contribution is 5.06. The van der Waals surface area contributed by atoms with Gasteiger partial charge in [0.15, 0.2) is 5.82 Å². The Labute approximate surface area is 114 Å². The molecule has 1 aliphatic heterocycles. The van der Waals surface area contributed by atoms with Gasteiger partial charge in [-0.1, -0.05) is 19.0 Å². The van der Waals surface area contributed by atoms with E-state index in [0.717, 1.165) is 44.5 Å². The molecule has 0 amide bonds. The van der Waals surface area contributed by atoms with Gasteiger partial charge in [-0.25, -0.2) is 0 Å². The molecule has 0 saturated carbocycles. The van der Waals surface area contributed by atoms with Gasteiger partial charge in [0.1, 0.15) is 0 Å². The van der Waals surface area contributed by atoms with Crippen molar-refractivity contribution in [2.45, 2.75) is 63.9 Å². The van der Waals surface area contributed by atoms with Crippen LogP contribution in [-0.4, -0.2) is 29.4 Å². The monoisotopic (exact) mass is 267 g/mol. The lowest BCUT2D eigenvalue weighted by Gasteiger charge is -2.25.